The highest BCUT2D eigenvalue weighted by atomic mass is 16.7. The lowest BCUT2D eigenvalue weighted by Gasteiger charge is -2.28. The van der Waals surface area contributed by atoms with Gasteiger partial charge < -0.3 is 19.8 Å². The van der Waals surface area contributed by atoms with Crippen LogP contribution in [0, 0.1) is 5.92 Å². The molecular formula is C22H24N2O3. The molecule has 2 N–H and O–H groups in total. The SMILES string of the molecule is CC(Cc1c[nH]c2ccccc12)C(=O)NCC1(c2ccccc2)OCCO1. The smallest absolute Gasteiger partial charge is 0.223 e. The molecular weight excluding hydrogens is 340 g/mol. The Labute approximate surface area is 158 Å². The first-order valence-electron chi connectivity index (χ1n) is 9.34. The van der Waals surface area contributed by atoms with Crippen molar-refractivity contribution in [2.24, 2.45) is 5.92 Å². The number of carbonyl (C=O) groups is 1. The molecule has 2 aromatic carbocycles. The molecule has 27 heavy (non-hydrogen) atoms. The number of hydrogen-bond acceptors (Lipinski definition) is 3. The zero-order chi connectivity index (χ0) is 18.7. The van der Waals surface area contributed by atoms with Crippen molar-refractivity contribution in [2.75, 3.05) is 19.8 Å². The van der Waals surface area contributed by atoms with E-state index in [1.165, 1.54) is 5.39 Å². The number of benzene rings is 2. The van der Waals surface area contributed by atoms with E-state index in [4.69, 9.17) is 9.47 Å². The first-order chi connectivity index (χ1) is 13.2. The van der Waals surface area contributed by atoms with Crippen LogP contribution < -0.4 is 5.32 Å². The molecule has 0 aliphatic carbocycles. The van der Waals surface area contributed by atoms with Crippen LogP contribution >= 0.6 is 0 Å². The topological polar surface area (TPSA) is 63.4 Å². The van der Waals surface area contributed by atoms with Gasteiger partial charge in [-0.1, -0.05) is 55.5 Å². The monoisotopic (exact) mass is 364 g/mol. The molecule has 1 aromatic heterocycles. The minimum absolute atomic E-state index is 0.00492. The second kappa shape index (κ2) is 7.55. The molecule has 5 heteroatoms. The van der Waals surface area contributed by atoms with Crippen LogP contribution in [0.4, 0.5) is 0 Å². The van der Waals surface area contributed by atoms with Gasteiger partial charge in [0.1, 0.15) is 0 Å². The van der Waals surface area contributed by atoms with E-state index in [9.17, 15) is 4.79 Å². The van der Waals surface area contributed by atoms with Crippen LogP contribution in [0.3, 0.4) is 0 Å². The van der Waals surface area contributed by atoms with Crippen molar-refractivity contribution < 1.29 is 14.3 Å². The molecule has 0 saturated carbocycles. The lowest BCUT2D eigenvalue weighted by molar-refractivity contribution is -0.165. The summed E-state index contributed by atoms with van der Waals surface area (Å²) in [6.07, 6.45) is 2.67. The van der Waals surface area contributed by atoms with Crippen molar-refractivity contribution in [3.8, 4) is 0 Å². The average molecular weight is 364 g/mol. The number of aromatic amines is 1. The van der Waals surface area contributed by atoms with Crippen molar-refractivity contribution in [1.82, 2.24) is 10.3 Å². The molecule has 1 atom stereocenters. The third-order valence-corrected chi connectivity index (χ3v) is 5.11. The average Bonchev–Trinajstić information content (AvgIpc) is 3.35. The van der Waals surface area contributed by atoms with Crippen LogP contribution in [0.1, 0.15) is 18.1 Å². The Hall–Kier alpha value is -2.63. The molecule has 2 heterocycles. The van der Waals surface area contributed by atoms with Gasteiger partial charge in [0.05, 0.1) is 19.8 Å². The first-order valence-corrected chi connectivity index (χ1v) is 9.34. The summed E-state index contributed by atoms with van der Waals surface area (Å²) in [6, 6.07) is 17.9. The van der Waals surface area contributed by atoms with Gasteiger partial charge in [0.2, 0.25) is 11.7 Å². The summed E-state index contributed by atoms with van der Waals surface area (Å²) in [5, 5.41) is 4.19. The number of fused-ring (bicyclic) bond motifs is 1. The van der Waals surface area contributed by atoms with Crippen LogP contribution in [0.15, 0.2) is 60.8 Å². The highest BCUT2D eigenvalue weighted by molar-refractivity contribution is 5.84. The Bertz CT molecular complexity index is 913. The second-order valence-electron chi connectivity index (χ2n) is 7.00. The molecule has 1 aliphatic heterocycles. The molecule has 0 spiro atoms. The molecule has 1 saturated heterocycles. The maximum absolute atomic E-state index is 12.7. The number of H-pyrrole nitrogens is 1. The van der Waals surface area contributed by atoms with Gasteiger partial charge in [0, 0.05) is 28.6 Å². The summed E-state index contributed by atoms with van der Waals surface area (Å²) >= 11 is 0. The third-order valence-electron chi connectivity index (χ3n) is 5.11. The minimum Gasteiger partial charge on any atom is -0.361 e. The van der Waals surface area contributed by atoms with E-state index in [1.807, 2.05) is 61.7 Å². The predicted molar refractivity (Wildman–Crippen MR) is 104 cm³/mol. The number of hydrogen-bond donors (Lipinski definition) is 2. The fourth-order valence-corrected chi connectivity index (χ4v) is 3.62. The Morgan fingerprint density at radius 1 is 1.11 bits per heavy atom. The second-order valence-corrected chi connectivity index (χ2v) is 7.00. The number of amides is 1. The quantitative estimate of drug-likeness (QED) is 0.705. The predicted octanol–water partition coefficient (Wildman–Crippen LogP) is 3.36. The number of carbonyl (C=O) groups excluding carboxylic acids is 1. The highest BCUT2D eigenvalue weighted by Crippen LogP contribution is 2.31. The molecule has 1 aliphatic rings. The van der Waals surface area contributed by atoms with E-state index >= 15 is 0 Å². The van der Waals surface area contributed by atoms with Crippen molar-refractivity contribution in [2.45, 2.75) is 19.1 Å². The van der Waals surface area contributed by atoms with Gasteiger partial charge in [-0.15, -0.1) is 0 Å². The zero-order valence-electron chi connectivity index (χ0n) is 15.4. The van der Waals surface area contributed by atoms with Gasteiger partial charge in [0.15, 0.2) is 0 Å². The summed E-state index contributed by atoms with van der Waals surface area (Å²) in [6.45, 7) is 3.29. The van der Waals surface area contributed by atoms with Crippen LogP contribution in [0.5, 0.6) is 0 Å². The lowest BCUT2D eigenvalue weighted by Crippen LogP contribution is -2.43. The standard InChI is InChI=1S/C22H24N2O3/c1-16(13-17-14-23-20-10-6-5-9-19(17)20)21(25)24-15-22(26-11-12-27-22)18-7-3-2-4-8-18/h2-10,14,16,23H,11-13,15H2,1H3,(H,24,25). The van der Waals surface area contributed by atoms with Gasteiger partial charge in [-0.3, -0.25) is 4.79 Å². The van der Waals surface area contributed by atoms with Gasteiger partial charge in [-0.25, -0.2) is 0 Å². The van der Waals surface area contributed by atoms with Crippen LogP contribution in [-0.2, 0) is 26.5 Å². The zero-order valence-corrected chi connectivity index (χ0v) is 15.4. The summed E-state index contributed by atoms with van der Waals surface area (Å²) in [5.74, 6) is -1.05. The number of nitrogens with one attached hydrogen (secondary N) is 2. The Balaban J connectivity index is 1.42. The van der Waals surface area contributed by atoms with Gasteiger partial charge in [0.25, 0.3) is 0 Å². The van der Waals surface area contributed by atoms with Crippen molar-refractivity contribution in [1.29, 1.82) is 0 Å². The normalized spacial score (nSPS) is 17.1. The summed E-state index contributed by atoms with van der Waals surface area (Å²) in [7, 11) is 0. The molecule has 5 nitrogen and oxygen atoms in total. The van der Waals surface area contributed by atoms with E-state index in [0.717, 1.165) is 16.6 Å². The molecule has 140 valence electrons. The van der Waals surface area contributed by atoms with Gasteiger partial charge >= 0.3 is 0 Å². The van der Waals surface area contributed by atoms with Crippen molar-refractivity contribution >= 4 is 16.8 Å². The largest absolute Gasteiger partial charge is 0.361 e. The van der Waals surface area contributed by atoms with Crippen LogP contribution in [0.25, 0.3) is 10.9 Å². The fourth-order valence-electron chi connectivity index (χ4n) is 3.62. The van der Waals surface area contributed by atoms with Crippen molar-refractivity contribution in [3.63, 3.8) is 0 Å². The van der Waals surface area contributed by atoms with Gasteiger partial charge in [-0.2, -0.15) is 0 Å². The van der Waals surface area contributed by atoms with E-state index in [-0.39, 0.29) is 11.8 Å². The summed E-state index contributed by atoms with van der Waals surface area (Å²) in [5.41, 5.74) is 3.17. The first kappa shape index (κ1) is 17.8. The molecule has 0 bridgehead atoms. The van der Waals surface area contributed by atoms with E-state index < -0.39 is 5.79 Å². The third kappa shape index (κ3) is 3.61. The van der Waals surface area contributed by atoms with Crippen molar-refractivity contribution in [3.05, 3.63) is 71.9 Å². The molecule has 4 rings (SSSR count). The molecule has 1 unspecified atom stereocenters. The molecule has 3 aromatic rings. The van der Waals surface area contributed by atoms with Crippen LogP contribution in [-0.4, -0.2) is 30.6 Å². The fraction of sp³-hybridized carbons (Fsp3) is 0.318. The number of ether oxygens (including phenoxy) is 2. The Kier molecular flexibility index (Phi) is 4.97. The number of rotatable bonds is 6. The minimum atomic E-state index is -0.891. The molecule has 1 amide bonds. The van der Waals surface area contributed by atoms with Gasteiger partial charge in [-0.05, 0) is 18.1 Å². The lowest BCUT2D eigenvalue weighted by atomic mass is 9.99. The van der Waals surface area contributed by atoms with Crippen LogP contribution in [0.2, 0.25) is 0 Å². The maximum atomic E-state index is 12.7. The highest BCUT2D eigenvalue weighted by Gasteiger charge is 2.39. The Morgan fingerprint density at radius 2 is 1.81 bits per heavy atom. The van der Waals surface area contributed by atoms with E-state index in [0.29, 0.717) is 26.2 Å². The molecule has 0 radical (unpaired) electrons. The van der Waals surface area contributed by atoms with E-state index in [1.54, 1.807) is 0 Å². The molecule has 1 fully saturated rings. The summed E-state index contributed by atoms with van der Waals surface area (Å²) < 4.78 is 11.8. The van der Waals surface area contributed by atoms with E-state index in [2.05, 4.69) is 16.4 Å². The maximum Gasteiger partial charge on any atom is 0.223 e. The summed E-state index contributed by atoms with van der Waals surface area (Å²) in [4.78, 5) is 16.0. The number of para-hydroxylation sites is 1. The Morgan fingerprint density at radius 3 is 2.59 bits per heavy atom. The number of aromatic nitrogens is 1.